The summed E-state index contributed by atoms with van der Waals surface area (Å²) in [4.78, 5) is 31.5. The van der Waals surface area contributed by atoms with E-state index >= 15 is 0 Å². The molecule has 1 aromatic heterocycles. The second kappa shape index (κ2) is 8.53. The second-order valence-corrected chi connectivity index (χ2v) is 8.86. The van der Waals surface area contributed by atoms with E-state index in [1.807, 2.05) is 30.3 Å². The van der Waals surface area contributed by atoms with Crippen molar-refractivity contribution in [2.45, 2.75) is 19.9 Å². The van der Waals surface area contributed by atoms with Crippen molar-refractivity contribution < 1.29 is 19.0 Å². The fourth-order valence-corrected chi connectivity index (χ4v) is 5.17. The molecular weight excluding hydrogens is 464 g/mol. The first-order valence-corrected chi connectivity index (χ1v) is 11.5. The molecule has 168 valence electrons. The summed E-state index contributed by atoms with van der Waals surface area (Å²) >= 11 is 7.66. The van der Waals surface area contributed by atoms with E-state index in [-0.39, 0.29) is 19.0 Å². The van der Waals surface area contributed by atoms with Crippen molar-refractivity contribution in [3.63, 3.8) is 0 Å². The number of halogens is 1. The van der Waals surface area contributed by atoms with Crippen molar-refractivity contribution in [1.82, 2.24) is 4.57 Å². The normalized spacial score (nSPS) is 17.1. The highest BCUT2D eigenvalue weighted by atomic mass is 35.5. The van der Waals surface area contributed by atoms with Crippen LogP contribution in [0.1, 0.15) is 31.0 Å². The van der Waals surface area contributed by atoms with E-state index in [0.29, 0.717) is 42.7 Å². The number of benzene rings is 2. The maximum atomic E-state index is 13.6. The molecule has 2 aliphatic rings. The zero-order chi connectivity index (χ0) is 23.1. The van der Waals surface area contributed by atoms with Gasteiger partial charge in [-0.15, -0.1) is 0 Å². The Labute approximate surface area is 197 Å². The van der Waals surface area contributed by atoms with Crippen LogP contribution in [0.3, 0.4) is 0 Å². The van der Waals surface area contributed by atoms with Crippen molar-refractivity contribution in [2.75, 3.05) is 13.4 Å². The molecule has 1 atom stereocenters. The van der Waals surface area contributed by atoms with Gasteiger partial charge in [0.2, 0.25) is 6.79 Å². The zero-order valence-corrected chi connectivity index (χ0v) is 19.4. The van der Waals surface area contributed by atoms with E-state index in [1.54, 1.807) is 36.6 Å². The summed E-state index contributed by atoms with van der Waals surface area (Å²) in [6, 6.07) is 12.2. The number of ether oxygens (including phenoxy) is 3. The van der Waals surface area contributed by atoms with Gasteiger partial charge in [0.1, 0.15) is 0 Å². The van der Waals surface area contributed by atoms with E-state index < -0.39 is 12.0 Å². The molecule has 0 saturated heterocycles. The number of esters is 1. The lowest BCUT2D eigenvalue weighted by Crippen LogP contribution is -2.39. The van der Waals surface area contributed by atoms with Crippen LogP contribution in [0.15, 0.2) is 63.5 Å². The third-order valence-corrected chi connectivity index (χ3v) is 6.72. The summed E-state index contributed by atoms with van der Waals surface area (Å²) in [6.45, 7) is 3.86. The molecule has 2 aromatic carbocycles. The number of thiazole rings is 1. The number of allylic oxidation sites excluding steroid dienone is 1. The van der Waals surface area contributed by atoms with Crippen LogP contribution in [0.2, 0.25) is 5.02 Å². The predicted molar refractivity (Wildman–Crippen MR) is 124 cm³/mol. The van der Waals surface area contributed by atoms with Gasteiger partial charge in [0.15, 0.2) is 16.3 Å². The average Bonchev–Trinajstić information content (AvgIpc) is 3.37. The third-order valence-electron chi connectivity index (χ3n) is 5.41. The van der Waals surface area contributed by atoms with Gasteiger partial charge in [-0.1, -0.05) is 53.3 Å². The fourth-order valence-electron chi connectivity index (χ4n) is 3.93. The molecule has 0 amide bonds. The lowest BCUT2D eigenvalue weighted by atomic mass is 9.96. The molecule has 0 fully saturated rings. The van der Waals surface area contributed by atoms with Crippen molar-refractivity contribution in [3.8, 4) is 11.5 Å². The van der Waals surface area contributed by atoms with E-state index in [0.717, 1.165) is 5.56 Å². The van der Waals surface area contributed by atoms with Crippen molar-refractivity contribution in [2.24, 2.45) is 4.99 Å². The minimum absolute atomic E-state index is 0.129. The van der Waals surface area contributed by atoms with Crippen LogP contribution in [0.5, 0.6) is 11.5 Å². The lowest BCUT2D eigenvalue weighted by molar-refractivity contribution is -0.139. The van der Waals surface area contributed by atoms with Gasteiger partial charge >= 0.3 is 5.97 Å². The first-order chi connectivity index (χ1) is 16.0. The molecule has 0 spiro atoms. The van der Waals surface area contributed by atoms with Gasteiger partial charge in [-0.2, -0.15) is 0 Å². The predicted octanol–water partition coefficient (Wildman–Crippen LogP) is 3.18. The third kappa shape index (κ3) is 3.75. The van der Waals surface area contributed by atoms with Crippen molar-refractivity contribution in [1.29, 1.82) is 0 Å². The number of aromatic nitrogens is 1. The monoisotopic (exact) mass is 482 g/mol. The van der Waals surface area contributed by atoms with E-state index in [1.165, 1.54) is 11.3 Å². The molecule has 7 nitrogen and oxygen atoms in total. The molecule has 0 N–H and O–H groups in total. The maximum absolute atomic E-state index is 13.6. The highest BCUT2D eigenvalue weighted by Gasteiger charge is 2.33. The molecule has 0 unspecified atom stereocenters. The molecular formula is C24H19ClN2O5S. The number of carbonyl (C=O) groups excluding carboxylic acids is 1. The van der Waals surface area contributed by atoms with Crippen LogP contribution < -0.4 is 24.4 Å². The molecule has 2 aliphatic heterocycles. The fraction of sp³-hybridized carbons (Fsp3) is 0.208. The minimum Gasteiger partial charge on any atom is -0.463 e. The molecule has 0 radical (unpaired) electrons. The van der Waals surface area contributed by atoms with Gasteiger partial charge < -0.3 is 14.2 Å². The Hall–Kier alpha value is -3.36. The molecule has 0 saturated carbocycles. The average molecular weight is 483 g/mol. The SMILES string of the molecule is CCOC(=O)C1=C(C)N=c2s/c(=C/c3cc4c(cc3Cl)OCO4)c(=O)n2[C@H]1c1ccccc1. The molecule has 5 rings (SSSR count). The van der Waals surface area contributed by atoms with E-state index in [2.05, 4.69) is 4.99 Å². The molecule has 0 aliphatic carbocycles. The quantitative estimate of drug-likeness (QED) is 0.534. The Bertz CT molecular complexity index is 1470. The Morgan fingerprint density at radius 2 is 2.00 bits per heavy atom. The summed E-state index contributed by atoms with van der Waals surface area (Å²) in [5, 5.41) is 0.438. The van der Waals surface area contributed by atoms with Crippen LogP contribution in [0, 0.1) is 0 Å². The highest BCUT2D eigenvalue weighted by molar-refractivity contribution is 7.07. The number of carbonyl (C=O) groups is 1. The van der Waals surface area contributed by atoms with Crippen LogP contribution in [0.4, 0.5) is 0 Å². The van der Waals surface area contributed by atoms with Gasteiger partial charge in [0.05, 0.1) is 33.5 Å². The van der Waals surface area contributed by atoms with Crippen molar-refractivity contribution >= 4 is 35.0 Å². The first kappa shape index (κ1) is 21.5. The van der Waals surface area contributed by atoms with Gasteiger partial charge in [-0.3, -0.25) is 9.36 Å². The smallest absolute Gasteiger partial charge is 0.338 e. The Morgan fingerprint density at radius 3 is 2.73 bits per heavy atom. The zero-order valence-electron chi connectivity index (χ0n) is 17.8. The lowest BCUT2D eigenvalue weighted by Gasteiger charge is -2.24. The Balaban J connectivity index is 1.71. The molecule has 3 heterocycles. The molecule has 3 aromatic rings. The maximum Gasteiger partial charge on any atom is 0.338 e. The van der Waals surface area contributed by atoms with Gasteiger partial charge in [-0.05, 0) is 37.1 Å². The number of rotatable bonds is 4. The minimum atomic E-state index is -0.643. The van der Waals surface area contributed by atoms with Gasteiger partial charge in [0, 0.05) is 6.07 Å². The van der Waals surface area contributed by atoms with Gasteiger partial charge in [0.25, 0.3) is 5.56 Å². The standard InChI is InChI=1S/C24H19ClN2O5S/c1-3-30-23(29)20-13(2)26-24-27(21(20)14-7-5-4-6-8-14)22(28)19(33-24)10-15-9-17-18(11-16(15)25)32-12-31-17/h4-11,21H,3,12H2,1-2H3/b19-10+/t21-/m0/s1. The second-order valence-electron chi connectivity index (χ2n) is 7.44. The summed E-state index contributed by atoms with van der Waals surface area (Å²) in [6.07, 6.45) is 1.71. The van der Waals surface area contributed by atoms with Gasteiger partial charge in [-0.25, -0.2) is 9.79 Å². The highest BCUT2D eigenvalue weighted by Crippen LogP contribution is 2.37. The molecule has 9 heteroatoms. The van der Waals surface area contributed by atoms with Crippen molar-refractivity contribution in [3.05, 3.63) is 89.6 Å². The summed E-state index contributed by atoms with van der Waals surface area (Å²) in [5.41, 5.74) is 2.03. The summed E-state index contributed by atoms with van der Waals surface area (Å²) in [7, 11) is 0. The van der Waals surface area contributed by atoms with Crippen LogP contribution in [0.25, 0.3) is 6.08 Å². The van der Waals surface area contributed by atoms with Crippen LogP contribution in [-0.4, -0.2) is 23.9 Å². The topological polar surface area (TPSA) is 79.1 Å². The summed E-state index contributed by atoms with van der Waals surface area (Å²) in [5.74, 6) is 0.652. The Morgan fingerprint density at radius 1 is 1.27 bits per heavy atom. The van der Waals surface area contributed by atoms with E-state index in [9.17, 15) is 9.59 Å². The number of nitrogens with zero attached hydrogens (tertiary/aromatic N) is 2. The molecule has 0 bridgehead atoms. The molecule has 33 heavy (non-hydrogen) atoms. The first-order valence-electron chi connectivity index (χ1n) is 10.3. The number of hydrogen-bond acceptors (Lipinski definition) is 7. The number of fused-ring (bicyclic) bond motifs is 2. The summed E-state index contributed by atoms with van der Waals surface area (Å²) < 4.78 is 18.1. The van der Waals surface area contributed by atoms with Crippen LogP contribution >= 0.6 is 22.9 Å². The number of hydrogen-bond donors (Lipinski definition) is 0. The van der Waals surface area contributed by atoms with E-state index in [4.69, 9.17) is 25.8 Å². The Kier molecular flexibility index (Phi) is 5.55. The largest absolute Gasteiger partial charge is 0.463 e. The van der Waals surface area contributed by atoms with Crippen LogP contribution in [-0.2, 0) is 9.53 Å².